The lowest BCUT2D eigenvalue weighted by Gasteiger charge is -2.18. The molecule has 6 nitrogen and oxygen atoms in total. The first-order valence-corrected chi connectivity index (χ1v) is 10.5. The van der Waals surface area contributed by atoms with Crippen LogP contribution in [0.4, 0.5) is 5.69 Å². The molecule has 1 amide bonds. The van der Waals surface area contributed by atoms with Crippen molar-refractivity contribution in [1.82, 2.24) is 14.5 Å². The molecule has 0 fully saturated rings. The predicted molar refractivity (Wildman–Crippen MR) is 124 cm³/mol. The summed E-state index contributed by atoms with van der Waals surface area (Å²) in [5.41, 5.74) is 6.06. The van der Waals surface area contributed by atoms with Gasteiger partial charge in [-0.3, -0.25) is 9.78 Å². The van der Waals surface area contributed by atoms with E-state index in [2.05, 4.69) is 39.1 Å². The number of anilines is 1. The molecule has 1 aliphatic rings. The number of rotatable bonds is 4. The van der Waals surface area contributed by atoms with Gasteiger partial charge in [0.05, 0.1) is 29.2 Å². The summed E-state index contributed by atoms with van der Waals surface area (Å²) in [6.45, 7) is 1.95. The van der Waals surface area contributed by atoms with E-state index in [0.29, 0.717) is 16.9 Å². The van der Waals surface area contributed by atoms with Gasteiger partial charge in [0, 0.05) is 23.4 Å². The molecule has 0 radical (unpaired) electrons. The highest BCUT2D eigenvalue weighted by atomic mass is 16.1. The Labute approximate surface area is 185 Å². The maximum absolute atomic E-state index is 12.6. The molecule has 0 bridgehead atoms. The summed E-state index contributed by atoms with van der Waals surface area (Å²) in [6.07, 6.45) is 8.32. The minimum absolute atomic E-state index is 0.0612. The number of hydrogen-bond donors (Lipinski definition) is 1. The largest absolute Gasteiger partial charge is 0.321 e. The average molecular weight is 419 g/mol. The number of aryl methyl sites for hydroxylation is 2. The number of fused-ring (bicyclic) bond motifs is 2. The molecule has 0 saturated carbocycles. The van der Waals surface area contributed by atoms with Crippen LogP contribution in [-0.4, -0.2) is 20.4 Å². The topological polar surface area (TPSA) is 83.6 Å². The Hall–Kier alpha value is -4.24. The third kappa shape index (κ3) is 3.44. The van der Waals surface area contributed by atoms with E-state index < -0.39 is 0 Å². The SMILES string of the molecule is Cc1ccc2c(C#N)c(C=CC(=O)Nc3cccnc3)n(C3CCc4ccccc43)c2n1. The predicted octanol–water partition coefficient (Wildman–Crippen LogP) is 4.80. The summed E-state index contributed by atoms with van der Waals surface area (Å²) in [5.74, 6) is -0.283. The highest BCUT2D eigenvalue weighted by molar-refractivity contribution is 6.02. The Balaban J connectivity index is 1.63. The molecule has 4 aromatic rings. The number of aromatic nitrogens is 3. The van der Waals surface area contributed by atoms with Crippen molar-refractivity contribution in [2.75, 3.05) is 5.32 Å². The van der Waals surface area contributed by atoms with E-state index in [1.807, 2.05) is 25.1 Å². The molecule has 1 atom stereocenters. The van der Waals surface area contributed by atoms with E-state index in [1.165, 1.54) is 17.2 Å². The van der Waals surface area contributed by atoms with Crippen LogP contribution in [-0.2, 0) is 11.2 Å². The van der Waals surface area contributed by atoms with Crippen LogP contribution < -0.4 is 5.32 Å². The van der Waals surface area contributed by atoms with Crippen molar-refractivity contribution in [3.05, 3.63) is 95.1 Å². The van der Waals surface area contributed by atoms with Crippen LogP contribution in [0.25, 0.3) is 17.1 Å². The summed E-state index contributed by atoms with van der Waals surface area (Å²) in [7, 11) is 0. The number of benzene rings is 1. The minimum atomic E-state index is -0.283. The Morgan fingerprint density at radius 1 is 1.22 bits per heavy atom. The van der Waals surface area contributed by atoms with Crippen LogP contribution in [0, 0.1) is 18.3 Å². The van der Waals surface area contributed by atoms with E-state index in [9.17, 15) is 10.1 Å². The van der Waals surface area contributed by atoms with Gasteiger partial charge >= 0.3 is 0 Å². The molecule has 5 rings (SSSR count). The number of carbonyl (C=O) groups excluding carboxylic acids is 1. The molecule has 3 aromatic heterocycles. The zero-order valence-corrected chi connectivity index (χ0v) is 17.6. The van der Waals surface area contributed by atoms with Crippen molar-refractivity contribution in [1.29, 1.82) is 5.26 Å². The summed E-state index contributed by atoms with van der Waals surface area (Å²) >= 11 is 0. The standard InChI is InChI=1S/C26H21N5O/c1-17-8-10-21-22(15-27)24(12-13-25(32)30-19-6-4-14-28-16-19)31(26(21)29-17)23-11-9-18-5-2-3-7-20(18)23/h2-8,10,12-14,16,23H,9,11H2,1H3,(H,30,32). The maximum Gasteiger partial charge on any atom is 0.248 e. The number of nitriles is 1. The van der Waals surface area contributed by atoms with Crippen molar-refractivity contribution in [3.63, 3.8) is 0 Å². The van der Waals surface area contributed by atoms with Crippen LogP contribution in [0.5, 0.6) is 0 Å². The molecule has 0 spiro atoms. The number of pyridine rings is 2. The number of nitrogens with one attached hydrogen (secondary N) is 1. The first kappa shape index (κ1) is 19.7. The third-order valence-electron chi connectivity index (χ3n) is 5.87. The lowest BCUT2D eigenvalue weighted by atomic mass is 10.1. The van der Waals surface area contributed by atoms with E-state index in [-0.39, 0.29) is 11.9 Å². The zero-order valence-electron chi connectivity index (χ0n) is 17.6. The van der Waals surface area contributed by atoms with Crippen molar-refractivity contribution < 1.29 is 4.79 Å². The van der Waals surface area contributed by atoms with Crippen LogP contribution in [0.1, 0.15) is 40.5 Å². The van der Waals surface area contributed by atoms with E-state index >= 15 is 0 Å². The number of amides is 1. The normalized spacial score (nSPS) is 15.1. The smallest absolute Gasteiger partial charge is 0.248 e. The highest BCUT2D eigenvalue weighted by Gasteiger charge is 2.29. The van der Waals surface area contributed by atoms with E-state index in [4.69, 9.17) is 4.98 Å². The summed E-state index contributed by atoms with van der Waals surface area (Å²) in [5, 5.41) is 13.6. The molecule has 0 saturated heterocycles. The molecule has 0 aliphatic heterocycles. The Morgan fingerprint density at radius 3 is 2.91 bits per heavy atom. The summed E-state index contributed by atoms with van der Waals surface area (Å²) < 4.78 is 2.13. The second-order valence-corrected chi connectivity index (χ2v) is 7.88. The van der Waals surface area contributed by atoms with Crippen LogP contribution in [0.2, 0.25) is 0 Å². The van der Waals surface area contributed by atoms with E-state index in [0.717, 1.165) is 29.6 Å². The number of hydrogen-bond acceptors (Lipinski definition) is 4. The molecule has 3 heterocycles. The molecular formula is C26H21N5O. The van der Waals surface area contributed by atoms with Gasteiger partial charge in [0.15, 0.2) is 0 Å². The van der Waals surface area contributed by atoms with Crippen molar-refractivity contribution >= 4 is 28.7 Å². The maximum atomic E-state index is 12.6. The van der Waals surface area contributed by atoms with Crippen molar-refractivity contribution in [2.24, 2.45) is 0 Å². The molecule has 1 N–H and O–H groups in total. The van der Waals surface area contributed by atoms with Crippen molar-refractivity contribution in [2.45, 2.75) is 25.8 Å². The van der Waals surface area contributed by atoms with Crippen LogP contribution in [0.3, 0.4) is 0 Å². The fourth-order valence-electron chi connectivity index (χ4n) is 4.47. The number of nitrogens with zero attached hydrogens (tertiary/aromatic N) is 4. The molecule has 32 heavy (non-hydrogen) atoms. The van der Waals surface area contributed by atoms with Gasteiger partial charge in [0.2, 0.25) is 5.91 Å². The van der Waals surface area contributed by atoms with Gasteiger partial charge in [-0.2, -0.15) is 5.26 Å². The highest BCUT2D eigenvalue weighted by Crippen LogP contribution is 2.39. The van der Waals surface area contributed by atoms with Gasteiger partial charge in [-0.25, -0.2) is 4.98 Å². The van der Waals surface area contributed by atoms with Crippen LogP contribution in [0.15, 0.2) is 67.0 Å². The van der Waals surface area contributed by atoms with E-state index in [1.54, 1.807) is 30.6 Å². The molecule has 1 aliphatic carbocycles. The minimum Gasteiger partial charge on any atom is -0.321 e. The molecule has 6 heteroatoms. The van der Waals surface area contributed by atoms with Gasteiger partial charge in [0.25, 0.3) is 0 Å². The molecule has 1 unspecified atom stereocenters. The molecular weight excluding hydrogens is 398 g/mol. The second kappa shape index (κ2) is 8.12. The zero-order chi connectivity index (χ0) is 22.1. The van der Waals surface area contributed by atoms with Gasteiger partial charge in [0.1, 0.15) is 11.7 Å². The monoisotopic (exact) mass is 419 g/mol. The van der Waals surface area contributed by atoms with Gasteiger partial charge < -0.3 is 9.88 Å². The van der Waals surface area contributed by atoms with Crippen molar-refractivity contribution in [3.8, 4) is 6.07 Å². The second-order valence-electron chi connectivity index (χ2n) is 7.88. The van der Waals surface area contributed by atoms with Gasteiger partial charge in [-0.1, -0.05) is 24.3 Å². The number of carbonyl (C=O) groups is 1. The lowest BCUT2D eigenvalue weighted by molar-refractivity contribution is -0.111. The van der Waals surface area contributed by atoms with Gasteiger partial charge in [-0.15, -0.1) is 0 Å². The Morgan fingerprint density at radius 2 is 2.09 bits per heavy atom. The first-order valence-electron chi connectivity index (χ1n) is 10.5. The first-order chi connectivity index (χ1) is 15.7. The fourth-order valence-corrected chi connectivity index (χ4v) is 4.47. The van der Waals surface area contributed by atoms with Gasteiger partial charge in [-0.05, 0) is 61.2 Å². The quantitative estimate of drug-likeness (QED) is 0.482. The Bertz CT molecular complexity index is 1400. The average Bonchev–Trinajstić information content (AvgIpc) is 3.36. The third-order valence-corrected chi connectivity index (χ3v) is 5.87. The fraction of sp³-hybridized carbons (Fsp3) is 0.154. The lowest BCUT2D eigenvalue weighted by Crippen LogP contribution is -2.11. The Kier molecular flexibility index (Phi) is 5.00. The van der Waals surface area contributed by atoms with Crippen LogP contribution >= 0.6 is 0 Å². The molecule has 1 aromatic carbocycles. The molecule has 156 valence electrons. The summed E-state index contributed by atoms with van der Waals surface area (Å²) in [4.78, 5) is 21.4. The summed E-state index contributed by atoms with van der Waals surface area (Å²) in [6, 6.07) is 18.2.